The molecular formula is C33H34AgN3-3. The average molecular weight is 581 g/mol. The summed E-state index contributed by atoms with van der Waals surface area (Å²) in [7, 11) is 0. The van der Waals surface area contributed by atoms with Gasteiger partial charge in [0.2, 0.25) is 0 Å². The molecule has 0 saturated heterocycles. The van der Waals surface area contributed by atoms with Gasteiger partial charge in [-0.25, -0.2) is 4.98 Å². The van der Waals surface area contributed by atoms with Crippen molar-refractivity contribution in [3.8, 4) is 0 Å². The van der Waals surface area contributed by atoms with E-state index in [2.05, 4.69) is 96.2 Å². The summed E-state index contributed by atoms with van der Waals surface area (Å²) in [6, 6.07) is 12.3. The summed E-state index contributed by atoms with van der Waals surface area (Å²) in [5.41, 5.74) is 15.9. The number of aryl methyl sites for hydroxylation is 4. The summed E-state index contributed by atoms with van der Waals surface area (Å²) in [5, 5.41) is 0. The Morgan fingerprint density at radius 2 is 1.05 bits per heavy atom. The van der Waals surface area contributed by atoms with Crippen LogP contribution in [0.4, 0.5) is 0 Å². The molecule has 0 atom stereocenters. The third kappa shape index (κ3) is 5.01. The van der Waals surface area contributed by atoms with Gasteiger partial charge < -0.3 is 9.97 Å². The van der Waals surface area contributed by atoms with Gasteiger partial charge in [-0.2, -0.15) is 11.0 Å². The largest absolute Gasteiger partial charge is 0.664 e. The standard InChI is InChI=1S/C33H34N3.Ag/c1-7-24-20(5)28-16-22-13-11-12-14-23(15-22)17-29-21(6)25(8-2)31(35-29)19-33-27(10-4)26(9-3)32(36-33)18-30(24)34-28;/h11-14,16-19H,7-10H2,1-6H3;/q-3;. The van der Waals surface area contributed by atoms with E-state index in [0.29, 0.717) is 0 Å². The van der Waals surface area contributed by atoms with Gasteiger partial charge in [-0.05, 0) is 50.7 Å². The summed E-state index contributed by atoms with van der Waals surface area (Å²) >= 11 is 0. The van der Waals surface area contributed by atoms with Crippen LogP contribution < -0.4 is 9.97 Å². The van der Waals surface area contributed by atoms with E-state index in [4.69, 9.17) is 15.0 Å². The number of hydrogen-bond donors (Lipinski definition) is 0. The van der Waals surface area contributed by atoms with Crippen LogP contribution in [0.5, 0.6) is 0 Å². The molecular weight excluding hydrogens is 546 g/mol. The van der Waals surface area contributed by atoms with Gasteiger partial charge in [-0.1, -0.05) is 62.1 Å². The van der Waals surface area contributed by atoms with E-state index in [1.54, 1.807) is 0 Å². The number of hydrogen-bond acceptors (Lipinski definition) is 1. The molecule has 0 N–H and O–H groups in total. The predicted molar refractivity (Wildman–Crippen MR) is 154 cm³/mol. The van der Waals surface area contributed by atoms with Gasteiger partial charge >= 0.3 is 0 Å². The maximum Gasteiger partial charge on any atom is 0.0660 e. The molecule has 2 aliphatic rings. The van der Waals surface area contributed by atoms with Crippen molar-refractivity contribution in [3.05, 3.63) is 87.3 Å². The molecule has 3 aromatic heterocycles. The summed E-state index contributed by atoms with van der Waals surface area (Å²) < 4.78 is 0. The molecule has 1 radical (unpaired) electrons. The monoisotopic (exact) mass is 579 g/mol. The van der Waals surface area contributed by atoms with Crippen molar-refractivity contribution >= 4 is 45.4 Å². The fourth-order valence-corrected chi connectivity index (χ4v) is 5.56. The summed E-state index contributed by atoms with van der Waals surface area (Å²) in [6.45, 7) is 13.2. The first-order valence-corrected chi connectivity index (χ1v) is 13.2. The number of aromatic nitrogens is 3. The van der Waals surface area contributed by atoms with Gasteiger partial charge in [0.25, 0.3) is 0 Å². The van der Waals surface area contributed by atoms with Crippen LogP contribution in [0.15, 0.2) is 36.4 Å². The molecule has 0 aromatic carbocycles. The number of allylic oxidation sites excluding steroid dienone is 4. The number of fused-ring (bicyclic) bond motifs is 8. The zero-order valence-corrected chi connectivity index (χ0v) is 24.1. The first-order valence-electron chi connectivity index (χ1n) is 13.2. The fourth-order valence-electron chi connectivity index (χ4n) is 5.56. The van der Waals surface area contributed by atoms with E-state index in [1.165, 1.54) is 33.4 Å². The van der Waals surface area contributed by atoms with Gasteiger partial charge in [0.05, 0.1) is 11.4 Å². The first kappa shape index (κ1) is 27.2. The molecule has 5 rings (SSSR count). The summed E-state index contributed by atoms with van der Waals surface area (Å²) in [4.78, 5) is 15.4. The van der Waals surface area contributed by atoms with Crippen molar-refractivity contribution in [3.63, 3.8) is 0 Å². The van der Waals surface area contributed by atoms with Crippen LogP contribution in [-0.4, -0.2) is 4.98 Å². The zero-order valence-electron chi connectivity index (χ0n) is 22.6. The molecule has 3 aromatic rings. The van der Waals surface area contributed by atoms with Crippen LogP contribution in [0, 0.1) is 19.9 Å². The number of rotatable bonds is 4. The Balaban J connectivity index is 0.00000320. The second-order valence-corrected chi connectivity index (χ2v) is 9.56. The average Bonchev–Trinajstić information content (AvgIpc) is 3.37. The minimum atomic E-state index is 0. The molecule has 1 aliphatic heterocycles. The molecule has 0 saturated carbocycles. The van der Waals surface area contributed by atoms with E-state index in [0.717, 1.165) is 70.3 Å². The topological polar surface area (TPSA) is 41.1 Å². The van der Waals surface area contributed by atoms with Crippen LogP contribution in [0.3, 0.4) is 0 Å². The van der Waals surface area contributed by atoms with Crippen LogP contribution in [-0.2, 0) is 35.2 Å². The Hall–Kier alpha value is -2.85. The smallest absolute Gasteiger partial charge is 0.0660 e. The molecule has 0 fully saturated rings. The van der Waals surface area contributed by atoms with Gasteiger partial charge in [-0.3, -0.25) is 0 Å². The molecule has 0 spiro atoms. The second-order valence-electron chi connectivity index (χ2n) is 9.56. The molecule has 0 unspecified atom stereocenters. The van der Waals surface area contributed by atoms with Gasteiger partial charge in [0, 0.05) is 22.4 Å². The Morgan fingerprint density at radius 3 is 1.43 bits per heavy atom. The molecule has 1 aliphatic carbocycles. The van der Waals surface area contributed by atoms with Crippen LogP contribution in [0.25, 0.3) is 45.4 Å². The van der Waals surface area contributed by atoms with Gasteiger partial charge in [0.15, 0.2) is 0 Å². The number of nitrogens with zero attached hydrogens (tertiary/aromatic N) is 3. The fraction of sp³-hybridized carbons (Fsp3) is 0.303. The Kier molecular flexibility index (Phi) is 8.28. The molecule has 195 valence electrons. The Labute approximate surface area is 236 Å². The molecule has 0 amide bonds. The molecule has 4 heterocycles. The van der Waals surface area contributed by atoms with Crippen molar-refractivity contribution in [2.75, 3.05) is 0 Å². The summed E-state index contributed by atoms with van der Waals surface area (Å²) in [5.74, 6) is 0. The normalized spacial score (nSPS) is 13.0. The van der Waals surface area contributed by atoms with Crippen LogP contribution >= 0.6 is 0 Å². The van der Waals surface area contributed by atoms with Crippen LogP contribution in [0.1, 0.15) is 85.3 Å². The summed E-state index contributed by atoms with van der Waals surface area (Å²) in [6.07, 6.45) is 12.1. The first-order chi connectivity index (χ1) is 17.5. The van der Waals surface area contributed by atoms with Crippen molar-refractivity contribution in [1.82, 2.24) is 15.0 Å². The van der Waals surface area contributed by atoms with Crippen molar-refractivity contribution < 1.29 is 22.4 Å². The quantitative estimate of drug-likeness (QED) is 0.231. The third-order valence-electron chi connectivity index (χ3n) is 7.49. The van der Waals surface area contributed by atoms with Crippen molar-refractivity contribution in [1.29, 1.82) is 0 Å². The minimum absolute atomic E-state index is 0. The zero-order chi connectivity index (χ0) is 25.4. The second kappa shape index (κ2) is 11.3. The van der Waals surface area contributed by atoms with E-state index < -0.39 is 0 Å². The Bertz CT molecular complexity index is 1480. The maximum absolute atomic E-state index is 5.17. The van der Waals surface area contributed by atoms with E-state index >= 15 is 0 Å². The molecule has 8 bridgehead atoms. The molecule has 4 heteroatoms. The van der Waals surface area contributed by atoms with Gasteiger partial charge in [-0.15, -0.1) is 64.7 Å². The van der Waals surface area contributed by atoms with Crippen molar-refractivity contribution in [2.45, 2.75) is 67.2 Å². The van der Waals surface area contributed by atoms with E-state index in [9.17, 15) is 0 Å². The maximum atomic E-state index is 5.17. The van der Waals surface area contributed by atoms with E-state index in [1.807, 2.05) is 0 Å². The third-order valence-corrected chi connectivity index (χ3v) is 7.49. The molecule has 37 heavy (non-hydrogen) atoms. The van der Waals surface area contributed by atoms with Crippen LogP contribution in [0.2, 0.25) is 0 Å². The molecule has 3 nitrogen and oxygen atoms in total. The Morgan fingerprint density at radius 1 is 0.622 bits per heavy atom. The van der Waals surface area contributed by atoms with Gasteiger partial charge in [0.1, 0.15) is 0 Å². The predicted octanol–water partition coefficient (Wildman–Crippen LogP) is 8.17. The van der Waals surface area contributed by atoms with Crippen molar-refractivity contribution in [2.24, 2.45) is 0 Å². The van der Waals surface area contributed by atoms with E-state index in [-0.39, 0.29) is 22.4 Å². The minimum Gasteiger partial charge on any atom is -0.664 e. The SMILES string of the molecule is CCC1=C(CC)c2cc3[n-]c(cc4[c-]c(cc5[n-]c(cc1n2)c(CC)c5C)C=CC=C4)c(C)c3CC.[Ag].